The van der Waals surface area contributed by atoms with Gasteiger partial charge in [0.15, 0.2) is 11.5 Å². The third-order valence-corrected chi connectivity index (χ3v) is 6.51. The number of anilines is 2. The summed E-state index contributed by atoms with van der Waals surface area (Å²) in [5.41, 5.74) is 3.39. The lowest BCUT2D eigenvalue weighted by Gasteiger charge is -2.41. The number of aryl methyl sites for hydroxylation is 1. The van der Waals surface area contributed by atoms with Gasteiger partial charge in [-0.3, -0.25) is 9.59 Å². The number of nitrogens with zero attached hydrogens (tertiary/aromatic N) is 2. The summed E-state index contributed by atoms with van der Waals surface area (Å²) >= 11 is 0. The number of rotatable bonds is 6. The van der Waals surface area contributed by atoms with Crippen LogP contribution in [-0.4, -0.2) is 31.0 Å². The second-order valence-electron chi connectivity index (χ2n) is 8.70. The molecule has 5 rings (SSSR count). The molecular weight excluding hydrogens is 458 g/mol. The maximum absolute atomic E-state index is 13.7. The van der Waals surface area contributed by atoms with E-state index in [0.717, 1.165) is 11.1 Å². The van der Waals surface area contributed by atoms with Crippen molar-refractivity contribution in [2.75, 3.05) is 24.4 Å². The van der Waals surface area contributed by atoms with Crippen molar-refractivity contribution in [3.05, 3.63) is 78.2 Å². The second-order valence-corrected chi connectivity index (χ2v) is 8.70. The molecule has 1 aliphatic rings. The summed E-state index contributed by atoms with van der Waals surface area (Å²) in [7, 11) is 3.18. The molecular formula is C28H27N3O5. The molecule has 2 atom stereocenters. The van der Waals surface area contributed by atoms with Crippen LogP contribution >= 0.6 is 0 Å². The molecule has 0 aliphatic carbocycles. The molecule has 1 N–H and O–H groups in total. The third-order valence-electron chi connectivity index (χ3n) is 6.51. The molecule has 1 aliphatic heterocycles. The molecule has 3 aromatic carbocycles. The standard InChI is InChI=1S/C28H27N3O5/c1-17-29-23-14-8-18(16-25(23)36-17)30-28(33)22-13-15-26(32)31(19-9-11-20(34-2)12-10-19)27(22)21-6-4-5-7-24(21)35-3/h4-12,14,16,22,27H,13,15H2,1-3H3,(H,30,33)/t22-,27-/m1/s1. The van der Waals surface area contributed by atoms with E-state index in [1.807, 2.05) is 42.5 Å². The maximum atomic E-state index is 13.7. The second kappa shape index (κ2) is 9.73. The summed E-state index contributed by atoms with van der Waals surface area (Å²) in [6.45, 7) is 1.78. The van der Waals surface area contributed by atoms with Crippen molar-refractivity contribution in [1.82, 2.24) is 4.98 Å². The number of benzene rings is 3. The number of hydrogen-bond donors (Lipinski definition) is 1. The molecule has 8 heteroatoms. The predicted molar refractivity (Wildman–Crippen MR) is 136 cm³/mol. The Morgan fingerprint density at radius 3 is 2.58 bits per heavy atom. The Morgan fingerprint density at radius 2 is 1.83 bits per heavy atom. The Labute approximate surface area is 208 Å². The van der Waals surface area contributed by atoms with Crippen LogP contribution in [0.4, 0.5) is 11.4 Å². The van der Waals surface area contributed by atoms with Gasteiger partial charge >= 0.3 is 0 Å². The molecule has 0 bridgehead atoms. The molecule has 36 heavy (non-hydrogen) atoms. The van der Waals surface area contributed by atoms with Crippen LogP contribution in [0.3, 0.4) is 0 Å². The summed E-state index contributed by atoms with van der Waals surface area (Å²) in [4.78, 5) is 33.0. The number of piperidine rings is 1. The molecule has 1 aromatic heterocycles. The van der Waals surface area contributed by atoms with Gasteiger partial charge in [0.2, 0.25) is 11.8 Å². The first-order valence-corrected chi connectivity index (χ1v) is 11.8. The highest BCUT2D eigenvalue weighted by atomic mass is 16.5. The lowest BCUT2D eigenvalue weighted by atomic mass is 9.82. The van der Waals surface area contributed by atoms with Gasteiger partial charge in [-0.15, -0.1) is 0 Å². The van der Waals surface area contributed by atoms with E-state index in [9.17, 15) is 9.59 Å². The molecule has 0 saturated carbocycles. The van der Waals surface area contributed by atoms with Crippen molar-refractivity contribution in [2.24, 2.45) is 5.92 Å². The van der Waals surface area contributed by atoms with Crippen LogP contribution in [0.5, 0.6) is 11.5 Å². The Kier molecular flexibility index (Phi) is 6.33. The first kappa shape index (κ1) is 23.4. The number of aromatic nitrogens is 1. The highest BCUT2D eigenvalue weighted by Crippen LogP contribution is 2.43. The lowest BCUT2D eigenvalue weighted by molar-refractivity contribution is -0.125. The Morgan fingerprint density at radius 1 is 1.06 bits per heavy atom. The fourth-order valence-corrected chi connectivity index (χ4v) is 4.83. The van der Waals surface area contributed by atoms with Crippen LogP contribution < -0.4 is 19.7 Å². The molecule has 184 valence electrons. The minimum absolute atomic E-state index is 0.0568. The number of hydrogen-bond acceptors (Lipinski definition) is 6. The van der Waals surface area contributed by atoms with Crippen LogP contribution in [0.1, 0.15) is 30.3 Å². The zero-order valence-electron chi connectivity index (χ0n) is 20.4. The molecule has 4 aromatic rings. The third kappa shape index (κ3) is 4.37. The van der Waals surface area contributed by atoms with E-state index in [0.29, 0.717) is 40.8 Å². The summed E-state index contributed by atoms with van der Waals surface area (Å²) in [5.74, 6) is 1.10. The van der Waals surface area contributed by atoms with E-state index in [4.69, 9.17) is 13.9 Å². The molecule has 0 unspecified atom stereocenters. The number of carbonyl (C=O) groups excluding carboxylic acids is 2. The van der Waals surface area contributed by atoms with Gasteiger partial charge in [-0.05, 0) is 48.9 Å². The fourth-order valence-electron chi connectivity index (χ4n) is 4.83. The number of amides is 2. The summed E-state index contributed by atoms with van der Waals surface area (Å²) in [5, 5.41) is 3.03. The monoisotopic (exact) mass is 485 g/mol. The molecule has 1 fully saturated rings. The van der Waals surface area contributed by atoms with Gasteiger partial charge in [-0.25, -0.2) is 4.98 Å². The zero-order valence-corrected chi connectivity index (χ0v) is 20.4. The predicted octanol–water partition coefficient (Wildman–Crippen LogP) is 5.28. The van der Waals surface area contributed by atoms with E-state index in [2.05, 4.69) is 10.3 Å². The minimum atomic E-state index is -0.563. The van der Waals surface area contributed by atoms with E-state index in [1.165, 1.54) is 0 Å². The van der Waals surface area contributed by atoms with E-state index in [-0.39, 0.29) is 18.2 Å². The first-order chi connectivity index (χ1) is 17.5. The number of methoxy groups -OCH3 is 2. The van der Waals surface area contributed by atoms with Crippen molar-refractivity contribution >= 4 is 34.3 Å². The molecule has 2 heterocycles. The Hall–Kier alpha value is -4.33. The van der Waals surface area contributed by atoms with Gasteiger partial charge in [0.25, 0.3) is 0 Å². The first-order valence-electron chi connectivity index (χ1n) is 11.8. The number of ether oxygens (including phenoxy) is 2. The van der Waals surface area contributed by atoms with Crippen molar-refractivity contribution in [2.45, 2.75) is 25.8 Å². The fraction of sp³-hybridized carbons (Fsp3) is 0.250. The highest BCUT2D eigenvalue weighted by molar-refractivity contribution is 6.01. The van der Waals surface area contributed by atoms with Gasteiger partial charge in [-0.2, -0.15) is 0 Å². The quantitative estimate of drug-likeness (QED) is 0.400. The summed E-state index contributed by atoms with van der Waals surface area (Å²) in [6, 6.07) is 19.6. The normalized spacial score (nSPS) is 17.8. The number of para-hydroxylation sites is 1. The van der Waals surface area contributed by atoms with Crippen LogP contribution in [-0.2, 0) is 9.59 Å². The SMILES string of the molecule is COc1ccc(N2C(=O)CC[C@@H](C(=O)Nc3ccc4nc(C)oc4c3)[C@H]2c2ccccc2OC)cc1. The largest absolute Gasteiger partial charge is 0.497 e. The van der Waals surface area contributed by atoms with Crippen LogP contribution in [0, 0.1) is 12.8 Å². The van der Waals surface area contributed by atoms with Gasteiger partial charge in [0.1, 0.15) is 17.0 Å². The van der Waals surface area contributed by atoms with Crippen LogP contribution in [0.15, 0.2) is 71.1 Å². The van der Waals surface area contributed by atoms with Crippen molar-refractivity contribution in [3.63, 3.8) is 0 Å². The molecule has 8 nitrogen and oxygen atoms in total. The van der Waals surface area contributed by atoms with Gasteiger partial charge in [-0.1, -0.05) is 18.2 Å². The Balaban J connectivity index is 1.54. The molecule has 0 spiro atoms. The van der Waals surface area contributed by atoms with Gasteiger partial charge < -0.3 is 24.1 Å². The number of oxazole rings is 1. The number of nitrogens with one attached hydrogen (secondary N) is 1. The lowest BCUT2D eigenvalue weighted by Crippen LogP contribution is -2.47. The summed E-state index contributed by atoms with van der Waals surface area (Å²) in [6.07, 6.45) is 0.653. The minimum Gasteiger partial charge on any atom is -0.497 e. The topological polar surface area (TPSA) is 93.9 Å². The molecule has 1 saturated heterocycles. The number of fused-ring (bicyclic) bond motifs is 1. The van der Waals surface area contributed by atoms with Crippen molar-refractivity contribution in [1.29, 1.82) is 0 Å². The van der Waals surface area contributed by atoms with Crippen LogP contribution in [0.25, 0.3) is 11.1 Å². The van der Waals surface area contributed by atoms with Crippen LogP contribution in [0.2, 0.25) is 0 Å². The molecule has 0 radical (unpaired) electrons. The highest BCUT2D eigenvalue weighted by Gasteiger charge is 2.42. The smallest absolute Gasteiger partial charge is 0.229 e. The van der Waals surface area contributed by atoms with E-state index >= 15 is 0 Å². The zero-order chi connectivity index (χ0) is 25.2. The average molecular weight is 486 g/mol. The van der Waals surface area contributed by atoms with Crippen molar-refractivity contribution in [3.8, 4) is 11.5 Å². The maximum Gasteiger partial charge on any atom is 0.229 e. The summed E-state index contributed by atoms with van der Waals surface area (Å²) < 4.78 is 16.6. The van der Waals surface area contributed by atoms with E-state index < -0.39 is 12.0 Å². The number of carbonyl (C=O) groups is 2. The molecule has 2 amide bonds. The average Bonchev–Trinajstić information content (AvgIpc) is 3.27. The Bertz CT molecular complexity index is 1410. The van der Waals surface area contributed by atoms with Gasteiger partial charge in [0.05, 0.1) is 26.2 Å². The van der Waals surface area contributed by atoms with E-state index in [1.54, 1.807) is 50.3 Å². The van der Waals surface area contributed by atoms with Gasteiger partial charge in [0, 0.05) is 36.3 Å². The van der Waals surface area contributed by atoms with Crippen molar-refractivity contribution < 1.29 is 23.5 Å².